The van der Waals surface area contributed by atoms with E-state index >= 15 is 0 Å². The molecule has 1 aliphatic carbocycles. The van der Waals surface area contributed by atoms with Gasteiger partial charge < -0.3 is 4.74 Å². The predicted octanol–water partition coefficient (Wildman–Crippen LogP) is 5.69. The van der Waals surface area contributed by atoms with Crippen LogP contribution in [-0.2, 0) is 12.8 Å². The summed E-state index contributed by atoms with van der Waals surface area (Å²) in [6, 6.07) is 7.82. The Morgan fingerprint density at radius 2 is 2.14 bits per heavy atom. The summed E-state index contributed by atoms with van der Waals surface area (Å²) >= 11 is 1.81. The molecule has 1 aliphatic rings. The van der Waals surface area contributed by atoms with Gasteiger partial charge in [0.25, 0.3) is 0 Å². The molecule has 0 bridgehead atoms. The van der Waals surface area contributed by atoms with Crippen LogP contribution in [0.2, 0.25) is 0 Å². The fourth-order valence-electron chi connectivity index (χ4n) is 4.08. The largest absolute Gasteiger partial charge is 0.496 e. The van der Waals surface area contributed by atoms with Gasteiger partial charge in [-0.3, -0.25) is 5.43 Å². The number of hydrazone groups is 1. The van der Waals surface area contributed by atoms with Gasteiger partial charge in [0, 0.05) is 10.4 Å². The molecule has 2 heterocycles. The molecule has 1 atom stereocenters. The molecule has 29 heavy (non-hydrogen) atoms. The van der Waals surface area contributed by atoms with E-state index in [0.29, 0.717) is 11.3 Å². The van der Waals surface area contributed by atoms with E-state index in [9.17, 15) is 0 Å². The monoisotopic (exact) mass is 408 g/mol. The molecule has 2 aromatic heterocycles. The Balaban J connectivity index is 1.65. The highest BCUT2D eigenvalue weighted by Crippen LogP contribution is 2.45. The lowest BCUT2D eigenvalue weighted by Gasteiger charge is -2.36. The Kier molecular flexibility index (Phi) is 5.54. The zero-order valence-corrected chi connectivity index (χ0v) is 18.3. The molecule has 0 saturated heterocycles. The van der Waals surface area contributed by atoms with Crippen molar-refractivity contribution in [1.29, 1.82) is 0 Å². The summed E-state index contributed by atoms with van der Waals surface area (Å²) in [6.07, 6.45) is 8.07. The molecule has 0 spiro atoms. The van der Waals surface area contributed by atoms with Crippen LogP contribution in [0, 0.1) is 11.3 Å². The van der Waals surface area contributed by atoms with E-state index < -0.39 is 0 Å². The van der Waals surface area contributed by atoms with Crippen LogP contribution in [0.5, 0.6) is 5.75 Å². The van der Waals surface area contributed by atoms with Crippen LogP contribution in [0.15, 0.2) is 35.7 Å². The molecule has 1 N–H and O–H groups in total. The fraction of sp³-hybridized carbons (Fsp3) is 0.435. The number of fused-ring (bicyclic) bond motifs is 3. The Hall–Kier alpha value is -2.47. The number of anilines is 1. The van der Waals surface area contributed by atoms with Crippen molar-refractivity contribution in [2.45, 2.75) is 46.5 Å². The highest BCUT2D eigenvalue weighted by atomic mass is 32.1. The first kappa shape index (κ1) is 19.8. The Labute approximate surface area is 176 Å². The molecule has 0 amide bonds. The minimum Gasteiger partial charge on any atom is -0.496 e. The average Bonchev–Trinajstić information content (AvgIpc) is 3.12. The number of methoxy groups -OCH3 is 1. The van der Waals surface area contributed by atoms with Gasteiger partial charge in [0.1, 0.15) is 16.9 Å². The van der Waals surface area contributed by atoms with Gasteiger partial charge in [-0.15, -0.1) is 11.3 Å². The van der Waals surface area contributed by atoms with E-state index in [2.05, 4.69) is 41.3 Å². The molecular formula is C23H28N4OS. The molecule has 0 unspecified atom stereocenters. The smallest absolute Gasteiger partial charge is 0.158 e. The summed E-state index contributed by atoms with van der Waals surface area (Å²) in [5.41, 5.74) is 5.84. The van der Waals surface area contributed by atoms with Crippen molar-refractivity contribution in [3.63, 3.8) is 0 Å². The molecule has 3 aromatic rings. The van der Waals surface area contributed by atoms with E-state index in [1.807, 2.05) is 35.6 Å². The van der Waals surface area contributed by atoms with E-state index in [-0.39, 0.29) is 0 Å². The van der Waals surface area contributed by atoms with Gasteiger partial charge in [-0.1, -0.05) is 39.3 Å². The third-order valence-corrected chi connectivity index (χ3v) is 7.57. The summed E-state index contributed by atoms with van der Waals surface area (Å²) < 4.78 is 5.39. The van der Waals surface area contributed by atoms with Crippen LogP contribution in [0.1, 0.15) is 49.6 Å². The van der Waals surface area contributed by atoms with Crippen LogP contribution < -0.4 is 10.2 Å². The molecule has 1 aromatic carbocycles. The normalized spacial score (nSPS) is 16.9. The highest BCUT2D eigenvalue weighted by molar-refractivity contribution is 7.19. The van der Waals surface area contributed by atoms with Crippen LogP contribution in [0.3, 0.4) is 0 Å². The van der Waals surface area contributed by atoms with Gasteiger partial charge in [-0.2, -0.15) is 5.10 Å². The number of hydrogen-bond donors (Lipinski definition) is 1. The number of nitrogens with zero attached hydrogens (tertiary/aromatic N) is 3. The average molecular weight is 409 g/mol. The van der Waals surface area contributed by atoms with Gasteiger partial charge >= 0.3 is 0 Å². The first-order chi connectivity index (χ1) is 14.0. The Morgan fingerprint density at radius 3 is 2.93 bits per heavy atom. The maximum Gasteiger partial charge on any atom is 0.158 e. The predicted molar refractivity (Wildman–Crippen MR) is 121 cm³/mol. The Bertz CT molecular complexity index is 1040. The lowest BCUT2D eigenvalue weighted by atomic mass is 9.69. The lowest BCUT2D eigenvalue weighted by molar-refractivity contribution is 0.184. The first-order valence-corrected chi connectivity index (χ1v) is 11.0. The number of benzene rings is 1. The van der Waals surface area contributed by atoms with Gasteiger partial charge in [0.15, 0.2) is 5.82 Å². The summed E-state index contributed by atoms with van der Waals surface area (Å²) in [5.74, 6) is 2.26. The third kappa shape index (κ3) is 3.86. The van der Waals surface area contributed by atoms with Crippen LogP contribution in [0.25, 0.3) is 10.2 Å². The van der Waals surface area contributed by atoms with Crippen molar-refractivity contribution >= 4 is 33.6 Å². The standard InChI is InChI=1S/C23H28N4OS/c1-5-23(2,3)16-10-11-19-17(12-16)20-21(24-14-25-22(20)29-19)27-26-13-15-8-6-7-9-18(15)28-4/h6-9,13-14,16H,5,10-12H2,1-4H3,(H,24,25,27)/b26-13-/t16-/m0/s1. The molecule has 0 radical (unpaired) electrons. The molecule has 5 nitrogen and oxygen atoms in total. The highest BCUT2D eigenvalue weighted by Gasteiger charge is 2.33. The molecule has 0 saturated carbocycles. The van der Waals surface area contributed by atoms with Crippen molar-refractivity contribution in [2.75, 3.05) is 12.5 Å². The van der Waals surface area contributed by atoms with Crippen LogP contribution in [0.4, 0.5) is 5.82 Å². The zero-order chi connectivity index (χ0) is 20.4. The second-order valence-corrected chi connectivity index (χ2v) is 9.38. The summed E-state index contributed by atoms with van der Waals surface area (Å²) in [4.78, 5) is 11.6. The first-order valence-electron chi connectivity index (χ1n) is 10.2. The molecule has 0 aliphatic heterocycles. The quantitative estimate of drug-likeness (QED) is 0.421. The van der Waals surface area contributed by atoms with Crippen molar-refractivity contribution in [3.05, 3.63) is 46.6 Å². The van der Waals surface area contributed by atoms with Gasteiger partial charge in [0.2, 0.25) is 0 Å². The lowest BCUT2D eigenvalue weighted by Crippen LogP contribution is -2.28. The zero-order valence-electron chi connectivity index (χ0n) is 17.5. The van der Waals surface area contributed by atoms with E-state index in [1.54, 1.807) is 19.7 Å². The third-order valence-electron chi connectivity index (χ3n) is 6.37. The number of aromatic nitrogens is 2. The number of aryl methyl sites for hydroxylation is 1. The number of nitrogens with one attached hydrogen (secondary N) is 1. The topological polar surface area (TPSA) is 59.4 Å². The summed E-state index contributed by atoms with van der Waals surface area (Å²) in [7, 11) is 1.67. The second-order valence-electron chi connectivity index (χ2n) is 8.30. The minimum atomic E-state index is 0.344. The fourth-order valence-corrected chi connectivity index (χ4v) is 5.27. The van der Waals surface area contributed by atoms with Gasteiger partial charge in [-0.05, 0) is 48.3 Å². The van der Waals surface area contributed by atoms with Crippen LogP contribution >= 0.6 is 11.3 Å². The van der Waals surface area contributed by atoms with Crippen molar-refractivity contribution in [2.24, 2.45) is 16.4 Å². The van der Waals surface area contributed by atoms with Crippen molar-refractivity contribution < 1.29 is 4.74 Å². The summed E-state index contributed by atoms with van der Waals surface area (Å²) in [6.45, 7) is 7.08. The van der Waals surface area contributed by atoms with Crippen molar-refractivity contribution in [3.8, 4) is 5.75 Å². The number of rotatable bonds is 6. The van der Waals surface area contributed by atoms with Gasteiger partial charge in [0.05, 0.1) is 18.7 Å². The van der Waals surface area contributed by atoms with E-state index in [4.69, 9.17) is 4.74 Å². The van der Waals surface area contributed by atoms with Crippen molar-refractivity contribution in [1.82, 2.24) is 9.97 Å². The Morgan fingerprint density at radius 1 is 1.31 bits per heavy atom. The van der Waals surface area contributed by atoms with Gasteiger partial charge in [-0.25, -0.2) is 9.97 Å². The van der Waals surface area contributed by atoms with E-state index in [1.165, 1.54) is 23.3 Å². The molecular weight excluding hydrogens is 380 g/mol. The molecule has 6 heteroatoms. The summed E-state index contributed by atoms with van der Waals surface area (Å²) in [5, 5.41) is 5.58. The molecule has 0 fully saturated rings. The minimum absolute atomic E-state index is 0.344. The maximum atomic E-state index is 5.39. The number of ether oxygens (including phenoxy) is 1. The van der Waals surface area contributed by atoms with E-state index in [0.717, 1.165) is 40.2 Å². The number of para-hydroxylation sites is 1. The second kappa shape index (κ2) is 8.11. The maximum absolute atomic E-state index is 5.39. The molecule has 4 rings (SSSR count). The number of hydrogen-bond acceptors (Lipinski definition) is 6. The number of thiophene rings is 1. The molecule has 152 valence electrons. The van der Waals surface area contributed by atoms with Crippen LogP contribution in [-0.4, -0.2) is 23.3 Å². The SMILES string of the molecule is CCC(C)(C)[C@H]1CCc2sc3ncnc(N/N=C\c4ccccc4OC)c3c2C1.